The largest absolute Gasteiger partial charge is 0.480 e. The Morgan fingerprint density at radius 1 is 1.24 bits per heavy atom. The van der Waals surface area contributed by atoms with Gasteiger partial charge < -0.3 is 10.4 Å². The highest BCUT2D eigenvalue weighted by Crippen LogP contribution is 2.18. The van der Waals surface area contributed by atoms with Crippen LogP contribution in [0.5, 0.6) is 0 Å². The standard InChI is InChI=1S/C16H24N2O3/c1-6-12(4)14(15(19)20)17-16(21)18(5)13-8-10(2)7-11(3)9-13/h7-9,12,14H,6H2,1-5H3,(H,17,21)(H,19,20)/t12-,14-/m0/s1. The molecular formula is C16H24N2O3. The van der Waals surface area contributed by atoms with Gasteiger partial charge in [-0.05, 0) is 43.0 Å². The van der Waals surface area contributed by atoms with Crippen LogP contribution < -0.4 is 10.2 Å². The molecule has 0 aromatic heterocycles. The van der Waals surface area contributed by atoms with Crippen molar-refractivity contribution < 1.29 is 14.7 Å². The number of hydrogen-bond donors (Lipinski definition) is 2. The summed E-state index contributed by atoms with van der Waals surface area (Å²) in [6, 6.07) is 4.52. The maximum absolute atomic E-state index is 12.3. The fourth-order valence-corrected chi connectivity index (χ4v) is 2.17. The normalized spacial score (nSPS) is 13.4. The molecule has 2 atom stereocenters. The quantitative estimate of drug-likeness (QED) is 0.876. The van der Waals surface area contributed by atoms with Gasteiger partial charge in [-0.2, -0.15) is 0 Å². The van der Waals surface area contributed by atoms with Gasteiger partial charge in [0.1, 0.15) is 6.04 Å². The maximum Gasteiger partial charge on any atom is 0.326 e. The summed E-state index contributed by atoms with van der Waals surface area (Å²) in [6.07, 6.45) is 0.685. The molecule has 21 heavy (non-hydrogen) atoms. The number of hydrogen-bond acceptors (Lipinski definition) is 2. The molecule has 116 valence electrons. The molecule has 0 aliphatic rings. The van der Waals surface area contributed by atoms with Crippen molar-refractivity contribution in [3.63, 3.8) is 0 Å². The first-order chi connectivity index (χ1) is 9.76. The minimum atomic E-state index is -1.01. The van der Waals surface area contributed by atoms with Crippen molar-refractivity contribution in [1.82, 2.24) is 5.32 Å². The summed E-state index contributed by atoms with van der Waals surface area (Å²) in [4.78, 5) is 25.0. The zero-order valence-electron chi connectivity index (χ0n) is 13.3. The molecule has 0 spiro atoms. The third kappa shape index (κ3) is 4.48. The van der Waals surface area contributed by atoms with Gasteiger partial charge in [-0.1, -0.05) is 26.3 Å². The van der Waals surface area contributed by atoms with Gasteiger partial charge >= 0.3 is 12.0 Å². The molecule has 0 aliphatic heterocycles. The number of nitrogens with one attached hydrogen (secondary N) is 1. The van der Waals surface area contributed by atoms with E-state index < -0.39 is 18.0 Å². The Labute approximate surface area is 126 Å². The lowest BCUT2D eigenvalue weighted by atomic mass is 9.99. The number of benzene rings is 1. The number of anilines is 1. The number of carboxylic acid groups (broad SMARTS) is 1. The summed E-state index contributed by atoms with van der Waals surface area (Å²) in [6.45, 7) is 7.64. The minimum Gasteiger partial charge on any atom is -0.480 e. The topological polar surface area (TPSA) is 69.6 Å². The smallest absolute Gasteiger partial charge is 0.326 e. The van der Waals surface area contributed by atoms with Crippen LogP contribution in [-0.2, 0) is 4.79 Å². The lowest BCUT2D eigenvalue weighted by molar-refractivity contribution is -0.140. The van der Waals surface area contributed by atoms with Crippen molar-refractivity contribution in [2.24, 2.45) is 5.92 Å². The van der Waals surface area contributed by atoms with Crippen LogP contribution in [0.2, 0.25) is 0 Å². The van der Waals surface area contributed by atoms with Gasteiger partial charge in [0.25, 0.3) is 0 Å². The zero-order valence-corrected chi connectivity index (χ0v) is 13.3. The van der Waals surface area contributed by atoms with Crippen LogP contribution in [0, 0.1) is 19.8 Å². The fraction of sp³-hybridized carbons (Fsp3) is 0.500. The summed E-state index contributed by atoms with van der Waals surface area (Å²) in [5.41, 5.74) is 2.86. The van der Waals surface area contributed by atoms with Crippen molar-refractivity contribution in [2.45, 2.75) is 40.2 Å². The van der Waals surface area contributed by atoms with Gasteiger partial charge in [0, 0.05) is 12.7 Å². The molecule has 0 heterocycles. The van der Waals surface area contributed by atoms with Gasteiger partial charge in [0.15, 0.2) is 0 Å². The van der Waals surface area contributed by atoms with Crippen LogP contribution in [0.3, 0.4) is 0 Å². The molecule has 0 unspecified atom stereocenters. The zero-order chi connectivity index (χ0) is 16.2. The summed E-state index contributed by atoms with van der Waals surface area (Å²) in [5, 5.41) is 11.8. The summed E-state index contributed by atoms with van der Waals surface area (Å²) in [7, 11) is 1.64. The predicted molar refractivity (Wildman–Crippen MR) is 83.7 cm³/mol. The second-order valence-electron chi connectivity index (χ2n) is 5.56. The van der Waals surface area contributed by atoms with Crippen molar-refractivity contribution in [3.8, 4) is 0 Å². The Balaban J connectivity index is 2.89. The van der Waals surface area contributed by atoms with Crippen molar-refractivity contribution >= 4 is 17.7 Å². The predicted octanol–water partition coefficient (Wildman–Crippen LogP) is 2.95. The Morgan fingerprint density at radius 2 is 1.76 bits per heavy atom. The van der Waals surface area contributed by atoms with E-state index in [9.17, 15) is 14.7 Å². The number of urea groups is 1. The second-order valence-corrected chi connectivity index (χ2v) is 5.56. The molecule has 0 saturated heterocycles. The summed E-state index contributed by atoms with van der Waals surface area (Å²) in [5.74, 6) is -1.13. The van der Waals surface area contributed by atoms with E-state index in [0.29, 0.717) is 6.42 Å². The Hall–Kier alpha value is -2.04. The van der Waals surface area contributed by atoms with Gasteiger partial charge in [0.05, 0.1) is 0 Å². The van der Waals surface area contributed by atoms with Crippen LogP contribution >= 0.6 is 0 Å². The van der Waals surface area contributed by atoms with E-state index >= 15 is 0 Å². The van der Waals surface area contributed by atoms with E-state index in [1.807, 2.05) is 45.9 Å². The van der Waals surface area contributed by atoms with Crippen molar-refractivity contribution in [2.75, 3.05) is 11.9 Å². The molecule has 2 N–H and O–H groups in total. The number of amides is 2. The fourth-order valence-electron chi connectivity index (χ4n) is 2.17. The molecule has 0 fully saturated rings. The highest BCUT2D eigenvalue weighted by molar-refractivity contribution is 5.94. The first-order valence-electron chi connectivity index (χ1n) is 7.11. The van der Waals surface area contributed by atoms with E-state index in [1.165, 1.54) is 4.90 Å². The Bertz CT molecular complexity index is 508. The number of nitrogens with zero attached hydrogens (tertiary/aromatic N) is 1. The van der Waals surface area contributed by atoms with Crippen LogP contribution in [0.25, 0.3) is 0 Å². The SMILES string of the molecule is CC[C@H](C)[C@H](NC(=O)N(C)c1cc(C)cc(C)c1)C(=O)O. The lowest BCUT2D eigenvalue weighted by Crippen LogP contribution is -2.49. The Morgan fingerprint density at radius 3 is 2.19 bits per heavy atom. The highest BCUT2D eigenvalue weighted by atomic mass is 16.4. The molecule has 5 nitrogen and oxygen atoms in total. The lowest BCUT2D eigenvalue weighted by Gasteiger charge is -2.25. The first kappa shape index (κ1) is 17.0. The molecule has 0 saturated carbocycles. The number of aliphatic carboxylic acids is 1. The molecule has 1 aromatic carbocycles. The van der Waals surface area contributed by atoms with Crippen LogP contribution in [-0.4, -0.2) is 30.2 Å². The first-order valence-corrected chi connectivity index (χ1v) is 7.11. The third-order valence-electron chi connectivity index (χ3n) is 3.66. The monoisotopic (exact) mass is 292 g/mol. The van der Waals surface area contributed by atoms with E-state index in [-0.39, 0.29) is 5.92 Å². The van der Waals surface area contributed by atoms with Crippen molar-refractivity contribution in [1.29, 1.82) is 0 Å². The van der Waals surface area contributed by atoms with Crippen LogP contribution in [0.4, 0.5) is 10.5 Å². The van der Waals surface area contributed by atoms with E-state index in [0.717, 1.165) is 16.8 Å². The molecule has 1 rings (SSSR count). The third-order valence-corrected chi connectivity index (χ3v) is 3.66. The number of carbonyl (C=O) groups excluding carboxylic acids is 1. The summed E-state index contributed by atoms with van der Waals surface area (Å²) < 4.78 is 0. The molecule has 1 aromatic rings. The van der Waals surface area contributed by atoms with Crippen LogP contribution in [0.1, 0.15) is 31.4 Å². The van der Waals surface area contributed by atoms with Gasteiger partial charge in [-0.3, -0.25) is 4.90 Å². The molecular weight excluding hydrogens is 268 g/mol. The highest BCUT2D eigenvalue weighted by Gasteiger charge is 2.26. The van der Waals surface area contributed by atoms with Crippen molar-refractivity contribution in [3.05, 3.63) is 29.3 Å². The number of rotatable bonds is 5. The van der Waals surface area contributed by atoms with E-state index in [2.05, 4.69) is 5.32 Å². The van der Waals surface area contributed by atoms with Gasteiger partial charge in [-0.15, -0.1) is 0 Å². The number of carbonyl (C=O) groups is 2. The molecule has 0 radical (unpaired) electrons. The molecule has 5 heteroatoms. The average Bonchev–Trinajstić information content (AvgIpc) is 2.41. The molecule has 2 amide bonds. The molecule has 0 aliphatic carbocycles. The van der Waals surface area contributed by atoms with E-state index in [1.54, 1.807) is 7.05 Å². The maximum atomic E-state index is 12.3. The van der Waals surface area contributed by atoms with Crippen LogP contribution in [0.15, 0.2) is 18.2 Å². The average molecular weight is 292 g/mol. The minimum absolute atomic E-state index is 0.126. The number of aryl methyl sites for hydroxylation is 2. The Kier molecular flexibility index (Phi) is 5.76. The second kappa shape index (κ2) is 7.11. The van der Waals surface area contributed by atoms with Gasteiger partial charge in [-0.25, -0.2) is 9.59 Å². The van der Waals surface area contributed by atoms with Gasteiger partial charge in [0.2, 0.25) is 0 Å². The number of carboxylic acids is 1. The molecule has 0 bridgehead atoms. The van der Waals surface area contributed by atoms with E-state index in [4.69, 9.17) is 0 Å². The summed E-state index contributed by atoms with van der Waals surface area (Å²) >= 11 is 0.